The summed E-state index contributed by atoms with van der Waals surface area (Å²) in [5, 5.41) is 0.596. The second kappa shape index (κ2) is 6.50. The Balaban J connectivity index is 2.24. The van der Waals surface area contributed by atoms with Crippen LogP contribution in [0.25, 0.3) is 0 Å². The quantitative estimate of drug-likeness (QED) is 0.635. The van der Waals surface area contributed by atoms with Crippen LogP contribution >= 0.6 is 11.6 Å². The van der Waals surface area contributed by atoms with Gasteiger partial charge in [0.2, 0.25) is 0 Å². The minimum absolute atomic E-state index is 0.377. The van der Waals surface area contributed by atoms with Crippen LogP contribution in [0.3, 0.4) is 0 Å². The molecule has 0 aromatic heterocycles. The first-order valence-corrected chi connectivity index (χ1v) is 6.63. The number of methoxy groups -OCH3 is 2. The molecule has 0 N–H and O–H groups in total. The Morgan fingerprint density at radius 3 is 2.24 bits per heavy atom. The molecule has 0 spiro atoms. The highest BCUT2D eigenvalue weighted by Gasteiger charge is 2.14. The van der Waals surface area contributed by atoms with E-state index in [1.54, 1.807) is 36.4 Å². The van der Waals surface area contributed by atoms with Crippen molar-refractivity contribution in [3.05, 3.63) is 52.5 Å². The van der Waals surface area contributed by atoms with Gasteiger partial charge in [0.15, 0.2) is 11.5 Å². The van der Waals surface area contributed by atoms with Gasteiger partial charge in [0.05, 0.1) is 19.8 Å². The summed E-state index contributed by atoms with van der Waals surface area (Å²) in [4.78, 5) is 12.2. The standard InChI is InChI=1S/C16H15ClO4/c1-10-8-12(17)5-7-13(10)21-16(18)11-4-6-14(19-2)15(9-11)20-3/h4-9H,1-3H3. The number of carbonyl (C=O) groups is 1. The van der Waals surface area contributed by atoms with Crippen molar-refractivity contribution in [3.63, 3.8) is 0 Å². The number of ether oxygens (including phenoxy) is 3. The summed E-state index contributed by atoms with van der Waals surface area (Å²) in [6.45, 7) is 1.82. The van der Waals surface area contributed by atoms with E-state index in [4.69, 9.17) is 25.8 Å². The molecule has 5 heteroatoms. The number of carbonyl (C=O) groups excluding carboxylic acids is 1. The third-order valence-electron chi connectivity index (χ3n) is 2.96. The molecule has 0 aliphatic rings. The van der Waals surface area contributed by atoms with E-state index in [1.165, 1.54) is 14.2 Å². The van der Waals surface area contributed by atoms with Crippen molar-refractivity contribution < 1.29 is 19.0 Å². The highest BCUT2D eigenvalue weighted by atomic mass is 35.5. The normalized spacial score (nSPS) is 10.1. The van der Waals surface area contributed by atoms with Gasteiger partial charge < -0.3 is 14.2 Å². The molecule has 2 rings (SSSR count). The predicted octanol–water partition coefficient (Wildman–Crippen LogP) is 3.88. The molecular formula is C16H15ClO4. The molecule has 4 nitrogen and oxygen atoms in total. The number of benzene rings is 2. The van der Waals surface area contributed by atoms with E-state index in [0.717, 1.165) is 5.56 Å². The number of hydrogen-bond acceptors (Lipinski definition) is 4. The fourth-order valence-corrected chi connectivity index (χ4v) is 2.08. The largest absolute Gasteiger partial charge is 0.493 e. The molecule has 0 aliphatic heterocycles. The molecule has 0 fully saturated rings. The van der Waals surface area contributed by atoms with Crippen LogP contribution in [0.5, 0.6) is 17.2 Å². The van der Waals surface area contributed by atoms with Crippen LogP contribution in [0.4, 0.5) is 0 Å². The van der Waals surface area contributed by atoms with Gasteiger partial charge in [-0.25, -0.2) is 4.79 Å². The van der Waals surface area contributed by atoms with E-state index in [0.29, 0.717) is 27.8 Å². The monoisotopic (exact) mass is 306 g/mol. The topological polar surface area (TPSA) is 44.8 Å². The maximum atomic E-state index is 12.2. The molecule has 2 aromatic carbocycles. The summed E-state index contributed by atoms with van der Waals surface area (Å²) in [5.41, 5.74) is 1.17. The van der Waals surface area contributed by atoms with Crippen molar-refractivity contribution >= 4 is 17.6 Å². The minimum atomic E-state index is -0.471. The number of aryl methyl sites for hydroxylation is 1. The van der Waals surface area contributed by atoms with Crippen LogP contribution in [-0.2, 0) is 0 Å². The zero-order valence-electron chi connectivity index (χ0n) is 12.0. The van der Waals surface area contributed by atoms with E-state index >= 15 is 0 Å². The molecule has 0 aliphatic carbocycles. The van der Waals surface area contributed by atoms with Crippen LogP contribution in [0.2, 0.25) is 5.02 Å². The van der Waals surface area contributed by atoms with Crippen LogP contribution in [0.15, 0.2) is 36.4 Å². The van der Waals surface area contributed by atoms with Crippen LogP contribution in [0, 0.1) is 6.92 Å². The Morgan fingerprint density at radius 1 is 0.952 bits per heavy atom. The van der Waals surface area contributed by atoms with Crippen molar-refractivity contribution in [3.8, 4) is 17.2 Å². The highest BCUT2D eigenvalue weighted by Crippen LogP contribution is 2.28. The molecule has 0 atom stereocenters. The molecule has 0 radical (unpaired) electrons. The number of halogens is 1. The Hall–Kier alpha value is -2.20. The third-order valence-corrected chi connectivity index (χ3v) is 3.19. The van der Waals surface area contributed by atoms with Crippen LogP contribution < -0.4 is 14.2 Å². The van der Waals surface area contributed by atoms with E-state index in [-0.39, 0.29) is 0 Å². The maximum absolute atomic E-state index is 12.2. The summed E-state index contributed by atoms with van der Waals surface area (Å²) < 4.78 is 15.7. The van der Waals surface area contributed by atoms with E-state index in [1.807, 2.05) is 6.92 Å². The van der Waals surface area contributed by atoms with Gasteiger partial charge in [-0.2, -0.15) is 0 Å². The van der Waals surface area contributed by atoms with E-state index in [9.17, 15) is 4.79 Å². The van der Waals surface area contributed by atoms with Gasteiger partial charge in [-0.3, -0.25) is 0 Å². The summed E-state index contributed by atoms with van der Waals surface area (Å²) >= 11 is 5.87. The van der Waals surface area contributed by atoms with Gasteiger partial charge >= 0.3 is 5.97 Å². The third kappa shape index (κ3) is 3.47. The summed E-state index contributed by atoms with van der Waals surface area (Å²) in [5.74, 6) is 1.03. The van der Waals surface area contributed by atoms with Crippen molar-refractivity contribution in [2.75, 3.05) is 14.2 Å². The molecule has 21 heavy (non-hydrogen) atoms. The van der Waals surface area contributed by atoms with Gasteiger partial charge in [-0.1, -0.05) is 11.6 Å². The first kappa shape index (κ1) is 15.2. The van der Waals surface area contributed by atoms with Crippen LogP contribution in [0.1, 0.15) is 15.9 Å². The van der Waals surface area contributed by atoms with Crippen molar-refractivity contribution in [1.82, 2.24) is 0 Å². The van der Waals surface area contributed by atoms with Crippen molar-refractivity contribution in [1.29, 1.82) is 0 Å². The number of rotatable bonds is 4. The number of hydrogen-bond donors (Lipinski definition) is 0. The Bertz CT molecular complexity index is 667. The maximum Gasteiger partial charge on any atom is 0.343 e. The van der Waals surface area contributed by atoms with Gasteiger partial charge in [-0.05, 0) is 48.9 Å². The lowest BCUT2D eigenvalue weighted by Crippen LogP contribution is -2.09. The lowest BCUT2D eigenvalue weighted by Gasteiger charge is -2.10. The molecule has 0 saturated carbocycles. The molecular weight excluding hydrogens is 292 g/mol. The zero-order chi connectivity index (χ0) is 15.4. The van der Waals surface area contributed by atoms with Crippen molar-refractivity contribution in [2.24, 2.45) is 0 Å². The highest BCUT2D eigenvalue weighted by molar-refractivity contribution is 6.30. The first-order chi connectivity index (χ1) is 10.0. The molecule has 110 valence electrons. The molecule has 0 heterocycles. The lowest BCUT2D eigenvalue weighted by atomic mass is 10.2. The Kier molecular flexibility index (Phi) is 4.70. The minimum Gasteiger partial charge on any atom is -0.493 e. The predicted molar refractivity (Wildman–Crippen MR) is 80.7 cm³/mol. The molecule has 2 aromatic rings. The Morgan fingerprint density at radius 2 is 1.62 bits per heavy atom. The van der Waals surface area contributed by atoms with Gasteiger partial charge in [0.1, 0.15) is 5.75 Å². The van der Waals surface area contributed by atoms with E-state index < -0.39 is 5.97 Å². The second-order valence-corrected chi connectivity index (χ2v) is 4.81. The van der Waals surface area contributed by atoms with Crippen LogP contribution in [-0.4, -0.2) is 20.2 Å². The molecule has 0 unspecified atom stereocenters. The smallest absolute Gasteiger partial charge is 0.343 e. The fourth-order valence-electron chi connectivity index (χ4n) is 1.85. The SMILES string of the molecule is COc1ccc(C(=O)Oc2ccc(Cl)cc2C)cc1OC. The molecule has 0 bridgehead atoms. The molecule has 0 saturated heterocycles. The van der Waals surface area contributed by atoms with Gasteiger partial charge in [0, 0.05) is 5.02 Å². The summed E-state index contributed by atoms with van der Waals surface area (Å²) in [7, 11) is 3.04. The molecule has 0 amide bonds. The summed E-state index contributed by atoms with van der Waals surface area (Å²) in [6.07, 6.45) is 0. The van der Waals surface area contributed by atoms with Gasteiger partial charge in [0.25, 0.3) is 0 Å². The first-order valence-electron chi connectivity index (χ1n) is 6.25. The van der Waals surface area contributed by atoms with Crippen molar-refractivity contribution in [2.45, 2.75) is 6.92 Å². The zero-order valence-corrected chi connectivity index (χ0v) is 12.7. The lowest BCUT2D eigenvalue weighted by molar-refractivity contribution is 0.0733. The number of esters is 1. The Labute approximate surface area is 128 Å². The van der Waals surface area contributed by atoms with E-state index in [2.05, 4.69) is 0 Å². The van der Waals surface area contributed by atoms with Gasteiger partial charge in [-0.15, -0.1) is 0 Å². The fraction of sp³-hybridized carbons (Fsp3) is 0.188. The summed E-state index contributed by atoms with van der Waals surface area (Å²) in [6, 6.07) is 9.92. The second-order valence-electron chi connectivity index (χ2n) is 4.37. The average molecular weight is 307 g/mol. The average Bonchev–Trinajstić information content (AvgIpc) is 2.49.